The lowest BCUT2D eigenvalue weighted by atomic mass is 9.96. The first-order chi connectivity index (χ1) is 13.8. The molecule has 0 spiro atoms. The van der Waals surface area contributed by atoms with Crippen molar-refractivity contribution in [3.05, 3.63) is 29.3 Å². The molecule has 0 aliphatic carbocycles. The second-order valence-electron chi connectivity index (χ2n) is 8.64. The fraction of sp³-hybridized carbons (Fsp3) is 0.591. The molecule has 1 aliphatic rings. The standard InChI is InChI=1S/C22H31N3O3S/c1-22(2,3)28-21(27)23-15-16-11-13-25(14-12-16)20(26)10-6-9-19-24-17-7-4-5-8-18(17)29-19/h4-5,7-8,16H,6,9-15H2,1-3H3,(H,23,27). The molecular weight excluding hydrogens is 386 g/mol. The highest BCUT2D eigenvalue weighted by Crippen LogP contribution is 2.23. The van der Waals surface area contributed by atoms with E-state index in [-0.39, 0.29) is 12.0 Å². The molecule has 0 saturated carbocycles. The van der Waals surface area contributed by atoms with Crippen molar-refractivity contribution in [3.63, 3.8) is 0 Å². The van der Waals surface area contributed by atoms with Crippen LogP contribution < -0.4 is 5.32 Å². The Balaban J connectivity index is 1.34. The molecule has 0 radical (unpaired) electrons. The third-order valence-corrected chi connectivity index (χ3v) is 6.12. The van der Waals surface area contributed by atoms with E-state index in [0.29, 0.717) is 18.9 Å². The van der Waals surface area contributed by atoms with Gasteiger partial charge < -0.3 is 15.0 Å². The van der Waals surface area contributed by atoms with Gasteiger partial charge in [-0.1, -0.05) is 12.1 Å². The molecule has 3 rings (SSSR count). The van der Waals surface area contributed by atoms with Crippen LogP contribution in [0.15, 0.2) is 24.3 Å². The predicted octanol–water partition coefficient (Wildman–Crippen LogP) is 4.38. The summed E-state index contributed by atoms with van der Waals surface area (Å²) >= 11 is 1.72. The highest BCUT2D eigenvalue weighted by atomic mass is 32.1. The summed E-state index contributed by atoms with van der Waals surface area (Å²) in [5.74, 6) is 0.624. The molecule has 0 unspecified atom stereocenters. The van der Waals surface area contributed by atoms with Crippen molar-refractivity contribution in [3.8, 4) is 0 Å². The molecule has 1 saturated heterocycles. The number of hydrogen-bond donors (Lipinski definition) is 1. The Morgan fingerprint density at radius 3 is 2.66 bits per heavy atom. The van der Waals surface area contributed by atoms with E-state index in [2.05, 4.69) is 16.4 Å². The van der Waals surface area contributed by atoms with Crippen molar-refractivity contribution in [2.45, 2.75) is 58.5 Å². The molecule has 7 heteroatoms. The number of nitrogens with one attached hydrogen (secondary N) is 1. The Bertz CT molecular complexity index is 802. The molecule has 2 aromatic rings. The minimum absolute atomic E-state index is 0.227. The number of amides is 2. The minimum Gasteiger partial charge on any atom is -0.444 e. The number of likely N-dealkylation sites (tertiary alicyclic amines) is 1. The van der Waals surface area contributed by atoms with Crippen molar-refractivity contribution in [1.29, 1.82) is 0 Å². The summed E-state index contributed by atoms with van der Waals surface area (Å²) in [6.45, 7) is 7.70. The molecule has 1 N–H and O–H groups in total. The molecule has 158 valence electrons. The van der Waals surface area contributed by atoms with Crippen molar-refractivity contribution in [2.75, 3.05) is 19.6 Å². The molecule has 1 aromatic carbocycles. The second-order valence-corrected chi connectivity index (χ2v) is 9.75. The first-order valence-electron chi connectivity index (χ1n) is 10.4. The van der Waals surface area contributed by atoms with E-state index in [1.54, 1.807) is 11.3 Å². The van der Waals surface area contributed by atoms with Crippen molar-refractivity contribution in [2.24, 2.45) is 5.92 Å². The van der Waals surface area contributed by atoms with Crippen molar-refractivity contribution in [1.82, 2.24) is 15.2 Å². The lowest BCUT2D eigenvalue weighted by Gasteiger charge is -2.32. The Labute approximate surface area is 176 Å². The summed E-state index contributed by atoms with van der Waals surface area (Å²) in [5, 5.41) is 3.95. The highest BCUT2D eigenvalue weighted by molar-refractivity contribution is 7.18. The lowest BCUT2D eigenvalue weighted by molar-refractivity contribution is -0.132. The quantitative estimate of drug-likeness (QED) is 0.757. The van der Waals surface area contributed by atoms with Crippen LogP contribution in [0, 0.1) is 5.92 Å². The van der Waals surface area contributed by atoms with Gasteiger partial charge in [0.15, 0.2) is 0 Å². The number of carbonyl (C=O) groups excluding carboxylic acids is 2. The van der Waals surface area contributed by atoms with E-state index in [1.807, 2.05) is 43.9 Å². The maximum atomic E-state index is 12.5. The summed E-state index contributed by atoms with van der Waals surface area (Å²) in [7, 11) is 0. The molecule has 6 nitrogen and oxygen atoms in total. The second kappa shape index (κ2) is 9.57. The highest BCUT2D eigenvalue weighted by Gasteiger charge is 2.24. The van der Waals surface area contributed by atoms with E-state index >= 15 is 0 Å². The number of thiazole rings is 1. The maximum absolute atomic E-state index is 12.5. The topological polar surface area (TPSA) is 71.5 Å². The summed E-state index contributed by atoms with van der Waals surface area (Å²) in [6, 6.07) is 8.15. The van der Waals surface area contributed by atoms with Crippen LogP contribution in [0.5, 0.6) is 0 Å². The van der Waals surface area contributed by atoms with Gasteiger partial charge in [0, 0.05) is 26.1 Å². The van der Waals surface area contributed by atoms with Gasteiger partial charge in [0.1, 0.15) is 5.60 Å². The smallest absolute Gasteiger partial charge is 0.407 e. The van der Waals surface area contributed by atoms with Gasteiger partial charge >= 0.3 is 6.09 Å². The number of aromatic nitrogens is 1. The van der Waals surface area contributed by atoms with E-state index in [0.717, 1.165) is 49.3 Å². The van der Waals surface area contributed by atoms with Gasteiger partial charge in [0.25, 0.3) is 0 Å². The van der Waals surface area contributed by atoms with Gasteiger partial charge in [-0.15, -0.1) is 11.3 Å². The molecule has 29 heavy (non-hydrogen) atoms. The monoisotopic (exact) mass is 417 g/mol. The van der Waals surface area contributed by atoms with Crippen LogP contribution in [0.3, 0.4) is 0 Å². The van der Waals surface area contributed by atoms with Crippen LogP contribution in [-0.2, 0) is 16.0 Å². The summed E-state index contributed by atoms with van der Waals surface area (Å²) < 4.78 is 6.47. The Kier molecular flexibility index (Phi) is 7.11. The molecule has 0 atom stereocenters. The van der Waals surface area contributed by atoms with Crippen LogP contribution in [0.1, 0.15) is 51.5 Å². The third-order valence-electron chi connectivity index (χ3n) is 5.02. The number of benzene rings is 1. The lowest BCUT2D eigenvalue weighted by Crippen LogP contribution is -2.42. The number of fused-ring (bicyclic) bond motifs is 1. The Morgan fingerprint density at radius 2 is 1.97 bits per heavy atom. The largest absolute Gasteiger partial charge is 0.444 e. The predicted molar refractivity (Wildman–Crippen MR) is 116 cm³/mol. The number of piperidine rings is 1. The Morgan fingerprint density at radius 1 is 1.24 bits per heavy atom. The zero-order chi connectivity index (χ0) is 20.9. The van der Waals surface area contributed by atoms with Crippen molar-refractivity contribution < 1.29 is 14.3 Å². The normalized spacial score (nSPS) is 15.5. The average molecular weight is 418 g/mol. The number of hydrogen-bond acceptors (Lipinski definition) is 5. The van der Waals surface area contributed by atoms with Crippen molar-refractivity contribution >= 4 is 33.6 Å². The van der Waals surface area contributed by atoms with Crippen LogP contribution in [0.2, 0.25) is 0 Å². The van der Waals surface area contributed by atoms with Gasteiger partial charge in [-0.2, -0.15) is 0 Å². The SMILES string of the molecule is CC(C)(C)OC(=O)NCC1CCN(C(=O)CCCc2nc3ccccc3s2)CC1. The number of nitrogens with zero attached hydrogens (tertiary/aromatic N) is 2. The van der Waals surface area contributed by atoms with Gasteiger partial charge in [0.2, 0.25) is 5.91 Å². The van der Waals surface area contributed by atoms with Crippen LogP contribution in [0.25, 0.3) is 10.2 Å². The third kappa shape index (κ3) is 6.70. The molecule has 0 bridgehead atoms. The summed E-state index contributed by atoms with van der Waals surface area (Å²) in [5.41, 5.74) is 0.562. The number of aryl methyl sites for hydroxylation is 1. The fourth-order valence-corrected chi connectivity index (χ4v) is 4.51. The first-order valence-corrected chi connectivity index (χ1v) is 11.2. The average Bonchev–Trinajstić information content (AvgIpc) is 3.08. The maximum Gasteiger partial charge on any atom is 0.407 e. The number of rotatable bonds is 6. The number of carbonyl (C=O) groups is 2. The van der Waals surface area contributed by atoms with Gasteiger partial charge in [0.05, 0.1) is 15.2 Å². The zero-order valence-electron chi connectivity index (χ0n) is 17.6. The summed E-state index contributed by atoms with van der Waals surface area (Å²) in [4.78, 5) is 30.9. The molecule has 1 aliphatic heterocycles. The molecular formula is C22H31N3O3S. The zero-order valence-corrected chi connectivity index (χ0v) is 18.4. The number of alkyl carbamates (subject to hydrolysis) is 1. The Hall–Kier alpha value is -2.15. The van der Waals surface area contributed by atoms with Crippen LogP contribution in [-0.4, -0.2) is 47.1 Å². The van der Waals surface area contributed by atoms with Gasteiger partial charge in [-0.25, -0.2) is 9.78 Å². The molecule has 1 aromatic heterocycles. The first kappa shape index (κ1) is 21.6. The van der Waals surface area contributed by atoms with E-state index in [9.17, 15) is 9.59 Å². The van der Waals surface area contributed by atoms with Gasteiger partial charge in [-0.3, -0.25) is 4.79 Å². The minimum atomic E-state index is -0.481. The molecule has 1 fully saturated rings. The molecule has 2 amide bonds. The summed E-state index contributed by atoms with van der Waals surface area (Å²) in [6.07, 6.45) is 3.71. The van der Waals surface area contributed by atoms with Crippen LogP contribution in [0.4, 0.5) is 4.79 Å². The number of para-hydroxylation sites is 1. The van der Waals surface area contributed by atoms with Gasteiger partial charge in [-0.05, 0) is 64.5 Å². The number of ether oxygens (including phenoxy) is 1. The van der Waals surface area contributed by atoms with E-state index in [4.69, 9.17) is 4.74 Å². The van der Waals surface area contributed by atoms with E-state index < -0.39 is 5.60 Å². The fourth-order valence-electron chi connectivity index (χ4n) is 3.50. The van der Waals surface area contributed by atoms with E-state index in [1.165, 1.54) is 4.70 Å². The van der Waals surface area contributed by atoms with Crippen LogP contribution >= 0.6 is 11.3 Å². The molecule has 2 heterocycles.